The van der Waals surface area contributed by atoms with Crippen molar-refractivity contribution >= 4 is 0 Å². The second-order valence-electron chi connectivity index (χ2n) is 4.50. The summed E-state index contributed by atoms with van der Waals surface area (Å²) < 4.78 is 0. The first-order chi connectivity index (χ1) is 5.91. The molecule has 1 atom stereocenters. The van der Waals surface area contributed by atoms with E-state index in [1.165, 1.54) is 6.42 Å². The molecule has 0 aliphatic heterocycles. The van der Waals surface area contributed by atoms with E-state index >= 15 is 0 Å². The van der Waals surface area contributed by atoms with Crippen LogP contribution in [0.25, 0.3) is 0 Å². The Morgan fingerprint density at radius 2 is 2.00 bits per heavy atom. The number of hydrogen-bond acceptors (Lipinski definition) is 2. The van der Waals surface area contributed by atoms with Crippen LogP contribution in [0.1, 0.15) is 40.5 Å². The Morgan fingerprint density at radius 1 is 1.54 bits per heavy atom. The number of aliphatic hydroxyl groups excluding tert-OH is 2. The highest BCUT2D eigenvalue weighted by Gasteiger charge is 2.25. The zero-order valence-corrected chi connectivity index (χ0v) is 9.17. The van der Waals surface area contributed by atoms with Crippen LogP contribution in [0.4, 0.5) is 0 Å². The van der Waals surface area contributed by atoms with Gasteiger partial charge in [-0.1, -0.05) is 20.8 Å². The first-order valence-electron chi connectivity index (χ1n) is 4.92. The molecule has 0 spiro atoms. The van der Waals surface area contributed by atoms with Gasteiger partial charge >= 0.3 is 0 Å². The van der Waals surface area contributed by atoms with Gasteiger partial charge in [-0.2, -0.15) is 0 Å². The summed E-state index contributed by atoms with van der Waals surface area (Å²) in [6.45, 7) is 8.48. The fourth-order valence-electron chi connectivity index (χ4n) is 1.88. The van der Waals surface area contributed by atoms with E-state index in [9.17, 15) is 5.11 Å². The van der Waals surface area contributed by atoms with E-state index in [1.807, 2.05) is 6.08 Å². The SMILES string of the molecule is CC1C=C(O)CC(C)(C)C1.CCO. The zero-order valence-electron chi connectivity index (χ0n) is 9.17. The third-order valence-electron chi connectivity index (χ3n) is 2.01. The number of rotatable bonds is 0. The van der Waals surface area contributed by atoms with Gasteiger partial charge in [-0.05, 0) is 30.8 Å². The molecule has 0 radical (unpaired) electrons. The lowest BCUT2D eigenvalue weighted by atomic mass is 9.76. The molecular formula is C11H22O2. The molecule has 1 aliphatic rings. The molecule has 0 heterocycles. The number of hydrogen-bond donors (Lipinski definition) is 2. The summed E-state index contributed by atoms with van der Waals surface area (Å²) in [5.74, 6) is 1.12. The summed E-state index contributed by atoms with van der Waals surface area (Å²) in [4.78, 5) is 0. The molecule has 13 heavy (non-hydrogen) atoms. The zero-order chi connectivity index (χ0) is 10.5. The maximum Gasteiger partial charge on any atom is 0.0890 e. The highest BCUT2D eigenvalue weighted by molar-refractivity contribution is 5.03. The second-order valence-corrected chi connectivity index (χ2v) is 4.50. The Balaban J connectivity index is 0.000000424. The average Bonchev–Trinajstić information content (AvgIpc) is 1.81. The Labute approximate surface area is 81.3 Å². The highest BCUT2D eigenvalue weighted by Crippen LogP contribution is 2.36. The van der Waals surface area contributed by atoms with Crippen LogP contribution in [0.5, 0.6) is 0 Å². The third-order valence-corrected chi connectivity index (χ3v) is 2.01. The summed E-state index contributed by atoms with van der Waals surface area (Å²) in [5, 5.41) is 16.8. The first kappa shape index (κ1) is 12.5. The maximum absolute atomic E-state index is 9.28. The van der Waals surface area contributed by atoms with Gasteiger partial charge in [-0.3, -0.25) is 0 Å². The molecular weight excluding hydrogens is 164 g/mol. The van der Waals surface area contributed by atoms with Crippen molar-refractivity contribution in [3.05, 3.63) is 11.8 Å². The van der Waals surface area contributed by atoms with Gasteiger partial charge in [0.15, 0.2) is 0 Å². The molecule has 0 aromatic rings. The largest absolute Gasteiger partial charge is 0.513 e. The molecule has 0 saturated carbocycles. The van der Waals surface area contributed by atoms with E-state index in [0.717, 1.165) is 6.42 Å². The van der Waals surface area contributed by atoms with Gasteiger partial charge in [0, 0.05) is 13.0 Å². The van der Waals surface area contributed by atoms with Crippen LogP contribution >= 0.6 is 0 Å². The van der Waals surface area contributed by atoms with Crippen molar-refractivity contribution in [3.8, 4) is 0 Å². The number of allylic oxidation sites excluding steroid dienone is 2. The lowest BCUT2D eigenvalue weighted by Crippen LogP contribution is -2.20. The lowest BCUT2D eigenvalue weighted by Gasteiger charge is -2.30. The van der Waals surface area contributed by atoms with Gasteiger partial charge in [0.1, 0.15) is 0 Å². The predicted octanol–water partition coefficient (Wildman–Crippen LogP) is 2.88. The van der Waals surface area contributed by atoms with Gasteiger partial charge in [0.05, 0.1) is 5.76 Å². The minimum absolute atomic E-state index is 0.250. The molecule has 0 aromatic heterocycles. The quantitative estimate of drug-likeness (QED) is 0.610. The minimum atomic E-state index is 0.250. The van der Waals surface area contributed by atoms with E-state index in [-0.39, 0.29) is 6.61 Å². The summed E-state index contributed by atoms with van der Waals surface area (Å²) in [6, 6.07) is 0. The monoisotopic (exact) mass is 186 g/mol. The molecule has 1 rings (SSSR count). The molecule has 0 saturated heterocycles. The van der Waals surface area contributed by atoms with E-state index in [2.05, 4.69) is 20.8 Å². The van der Waals surface area contributed by atoms with Crippen molar-refractivity contribution in [1.29, 1.82) is 0 Å². The van der Waals surface area contributed by atoms with Crippen LogP contribution in [0.2, 0.25) is 0 Å². The van der Waals surface area contributed by atoms with E-state index in [1.54, 1.807) is 6.92 Å². The molecule has 1 unspecified atom stereocenters. The van der Waals surface area contributed by atoms with Gasteiger partial charge in [0.25, 0.3) is 0 Å². The Bertz CT molecular complexity index is 171. The Hall–Kier alpha value is -0.500. The maximum atomic E-state index is 9.28. The molecule has 0 amide bonds. The molecule has 0 fully saturated rings. The van der Waals surface area contributed by atoms with Gasteiger partial charge in [-0.25, -0.2) is 0 Å². The van der Waals surface area contributed by atoms with Crippen molar-refractivity contribution in [1.82, 2.24) is 0 Å². The van der Waals surface area contributed by atoms with Crippen molar-refractivity contribution in [2.75, 3.05) is 6.61 Å². The topological polar surface area (TPSA) is 40.5 Å². The Kier molecular flexibility index (Phi) is 5.07. The van der Waals surface area contributed by atoms with E-state index in [0.29, 0.717) is 17.1 Å². The van der Waals surface area contributed by atoms with Crippen molar-refractivity contribution in [2.24, 2.45) is 11.3 Å². The molecule has 1 aliphatic carbocycles. The van der Waals surface area contributed by atoms with Crippen LogP contribution < -0.4 is 0 Å². The van der Waals surface area contributed by atoms with Gasteiger partial charge in [0.2, 0.25) is 0 Å². The van der Waals surface area contributed by atoms with Crippen LogP contribution in [0.3, 0.4) is 0 Å². The molecule has 78 valence electrons. The van der Waals surface area contributed by atoms with Crippen molar-refractivity contribution < 1.29 is 10.2 Å². The van der Waals surface area contributed by atoms with Crippen molar-refractivity contribution in [2.45, 2.75) is 40.5 Å². The standard InChI is InChI=1S/C9H16O.C2H6O/c1-7-4-8(10)6-9(2,3)5-7;1-2-3/h4,7,10H,5-6H2,1-3H3;3H,2H2,1H3. The Morgan fingerprint density at radius 3 is 2.31 bits per heavy atom. The summed E-state index contributed by atoms with van der Waals surface area (Å²) in [6.07, 6.45) is 4.00. The highest BCUT2D eigenvalue weighted by atomic mass is 16.3. The van der Waals surface area contributed by atoms with Crippen LogP contribution in [0, 0.1) is 11.3 Å². The van der Waals surface area contributed by atoms with Crippen molar-refractivity contribution in [3.63, 3.8) is 0 Å². The van der Waals surface area contributed by atoms with Gasteiger partial charge < -0.3 is 10.2 Å². The molecule has 0 bridgehead atoms. The third kappa shape index (κ3) is 5.69. The molecule has 2 heteroatoms. The molecule has 2 nitrogen and oxygen atoms in total. The summed E-state index contributed by atoms with van der Waals surface area (Å²) in [5.41, 5.74) is 0.304. The fraction of sp³-hybridized carbons (Fsp3) is 0.818. The number of aliphatic hydroxyl groups is 2. The fourth-order valence-corrected chi connectivity index (χ4v) is 1.88. The second kappa shape index (κ2) is 5.28. The van der Waals surface area contributed by atoms with E-state index in [4.69, 9.17) is 5.11 Å². The normalized spacial score (nSPS) is 25.6. The van der Waals surface area contributed by atoms with Crippen LogP contribution in [-0.2, 0) is 0 Å². The smallest absolute Gasteiger partial charge is 0.0890 e. The summed E-state index contributed by atoms with van der Waals surface area (Å²) >= 11 is 0. The molecule has 2 N–H and O–H groups in total. The summed E-state index contributed by atoms with van der Waals surface area (Å²) in [7, 11) is 0. The lowest BCUT2D eigenvalue weighted by molar-refractivity contribution is 0.221. The average molecular weight is 186 g/mol. The van der Waals surface area contributed by atoms with Crippen LogP contribution in [-0.4, -0.2) is 16.8 Å². The predicted molar refractivity (Wildman–Crippen MR) is 55.7 cm³/mol. The van der Waals surface area contributed by atoms with Gasteiger partial charge in [-0.15, -0.1) is 0 Å². The first-order valence-corrected chi connectivity index (χ1v) is 4.92. The van der Waals surface area contributed by atoms with E-state index < -0.39 is 0 Å². The molecule has 0 aromatic carbocycles. The van der Waals surface area contributed by atoms with Crippen LogP contribution in [0.15, 0.2) is 11.8 Å². The minimum Gasteiger partial charge on any atom is -0.513 e.